The molecule has 0 saturated heterocycles. The number of benzene rings is 1. The van der Waals surface area contributed by atoms with E-state index < -0.39 is 12.0 Å². The van der Waals surface area contributed by atoms with Crippen LogP contribution in [0.15, 0.2) is 24.3 Å². The summed E-state index contributed by atoms with van der Waals surface area (Å²) >= 11 is 0. The molecule has 8 N–H and O–H groups in total. The molecule has 0 aliphatic heterocycles. The molecule has 7 nitrogen and oxygen atoms in total. The molecule has 1 rings (SSSR count). The number of hydrogen-bond acceptors (Lipinski definition) is 6. The number of aldehydes is 1. The lowest BCUT2D eigenvalue weighted by Gasteiger charge is -2.02. The second-order valence-corrected chi connectivity index (χ2v) is 4.00. The molecule has 0 aromatic heterocycles. The summed E-state index contributed by atoms with van der Waals surface area (Å²) in [7, 11) is 0. The van der Waals surface area contributed by atoms with Crippen LogP contribution in [0.3, 0.4) is 0 Å². The molecule has 120 valence electrons. The zero-order valence-corrected chi connectivity index (χ0v) is 12.3. The maximum Gasteiger partial charge on any atom is 0.320 e. The molecule has 1 atom stereocenters. The minimum atomic E-state index is -0.955. The minimum Gasteiger partial charge on any atom is -0.494 e. The Hall–Kier alpha value is -1.96. The Morgan fingerprint density at radius 2 is 1.95 bits per heavy atom. The largest absolute Gasteiger partial charge is 0.494 e. The predicted molar refractivity (Wildman–Crippen MR) is 81.9 cm³/mol. The Bertz CT molecular complexity index is 396. The van der Waals surface area contributed by atoms with E-state index in [2.05, 4.69) is 0 Å². The van der Waals surface area contributed by atoms with E-state index in [1.54, 1.807) is 24.3 Å². The van der Waals surface area contributed by atoms with E-state index in [4.69, 9.17) is 21.3 Å². The number of carbonyl (C=O) groups excluding carboxylic acids is 1. The number of carbonyl (C=O) groups is 2. The third-order valence-electron chi connectivity index (χ3n) is 2.36. The quantitative estimate of drug-likeness (QED) is 0.552. The highest BCUT2D eigenvalue weighted by molar-refractivity contribution is 5.74. The summed E-state index contributed by atoms with van der Waals surface area (Å²) < 4.78 is 5.19. The Balaban J connectivity index is 0. The number of aliphatic carboxylic acids is 1. The summed E-state index contributed by atoms with van der Waals surface area (Å²) in [6, 6.07) is 6.30. The van der Waals surface area contributed by atoms with Gasteiger partial charge in [-0.05, 0) is 50.6 Å². The first-order valence-corrected chi connectivity index (χ1v) is 6.41. The van der Waals surface area contributed by atoms with Crippen LogP contribution in [0.1, 0.15) is 30.1 Å². The molecule has 0 radical (unpaired) electrons. The molecule has 0 bridgehead atoms. The molecule has 0 unspecified atom stereocenters. The van der Waals surface area contributed by atoms with Crippen molar-refractivity contribution < 1.29 is 19.4 Å². The summed E-state index contributed by atoms with van der Waals surface area (Å²) in [4.78, 5) is 20.3. The van der Waals surface area contributed by atoms with Crippen LogP contribution in [-0.4, -0.2) is 36.6 Å². The molecule has 0 amide bonds. The first kappa shape index (κ1) is 21.3. The van der Waals surface area contributed by atoms with Crippen molar-refractivity contribution in [2.45, 2.75) is 25.8 Å². The molecule has 0 spiro atoms. The van der Waals surface area contributed by atoms with Gasteiger partial charge in [-0.3, -0.25) is 9.59 Å². The number of hydrogen-bond donors (Lipinski definition) is 4. The zero-order valence-electron chi connectivity index (χ0n) is 12.3. The lowest BCUT2D eigenvalue weighted by atomic mass is 10.2. The van der Waals surface area contributed by atoms with Gasteiger partial charge in [0.15, 0.2) is 0 Å². The average molecular weight is 299 g/mol. The van der Waals surface area contributed by atoms with Crippen molar-refractivity contribution in [2.24, 2.45) is 11.5 Å². The second kappa shape index (κ2) is 13.0. The van der Waals surface area contributed by atoms with Crippen LogP contribution in [0.2, 0.25) is 0 Å². The van der Waals surface area contributed by atoms with Gasteiger partial charge in [-0.15, -0.1) is 0 Å². The van der Waals surface area contributed by atoms with Crippen LogP contribution >= 0.6 is 0 Å². The third-order valence-corrected chi connectivity index (χ3v) is 2.36. The van der Waals surface area contributed by atoms with E-state index in [-0.39, 0.29) is 6.15 Å². The first-order chi connectivity index (χ1) is 9.54. The lowest BCUT2D eigenvalue weighted by molar-refractivity contribution is -0.138. The van der Waals surface area contributed by atoms with Gasteiger partial charge in [0.2, 0.25) is 0 Å². The summed E-state index contributed by atoms with van der Waals surface area (Å²) in [5.41, 5.74) is 11.0. The molecule has 0 aliphatic rings. The second-order valence-electron chi connectivity index (χ2n) is 4.00. The van der Waals surface area contributed by atoms with Crippen LogP contribution in [0.4, 0.5) is 0 Å². The van der Waals surface area contributed by atoms with Gasteiger partial charge in [-0.25, -0.2) is 0 Å². The Labute approximate surface area is 124 Å². The summed E-state index contributed by atoms with van der Waals surface area (Å²) in [6.07, 6.45) is 1.95. The van der Waals surface area contributed by atoms with Crippen LogP contribution in [-0.2, 0) is 4.79 Å². The molecular weight excluding hydrogens is 274 g/mol. The predicted octanol–water partition coefficient (Wildman–Crippen LogP) is 1.20. The Morgan fingerprint density at radius 1 is 1.38 bits per heavy atom. The summed E-state index contributed by atoms with van der Waals surface area (Å²) in [5, 5.41) is 8.24. The molecule has 21 heavy (non-hydrogen) atoms. The van der Waals surface area contributed by atoms with Gasteiger partial charge in [0.25, 0.3) is 0 Å². The highest BCUT2D eigenvalue weighted by Crippen LogP contribution is 2.10. The fraction of sp³-hybridized carbons (Fsp3) is 0.429. The van der Waals surface area contributed by atoms with E-state index >= 15 is 0 Å². The average Bonchev–Trinajstić information content (AvgIpc) is 2.46. The topological polar surface area (TPSA) is 151 Å². The van der Waals surface area contributed by atoms with Gasteiger partial charge in [0, 0.05) is 5.56 Å². The SMILES string of the molecule is CCOc1ccc(C=O)cc1.N.NCCC[C@H](N)C(=O)O. The van der Waals surface area contributed by atoms with Crippen molar-refractivity contribution in [3.8, 4) is 5.75 Å². The molecule has 0 heterocycles. The van der Waals surface area contributed by atoms with E-state index in [0.29, 0.717) is 31.6 Å². The molecule has 0 fully saturated rings. The maximum absolute atomic E-state index is 10.2. The van der Waals surface area contributed by atoms with Crippen molar-refractivity contribution in [1.82, 2.24) is 6.15 Å². The Morgan fingerprint density at radius 3 is 2.33 bits per heavy atom. The van der Waals surface area contributed by atoms with Gasteiger partial charge in [0.05, 0.1) is 6.61 Å². The lowest BCUT2D eigenvalue weighted by Crippen LogP contribution is -2.30. The van der Waals surface area contributed by atoms with Gasteiger partial charge >= 0.3 is 5.97 Å². The van der Waals surface area contributed by atoms with Crippen molar-refractivity contribution in [3.63, 3.8) is 0 Å². The van der Waals surface area contributed by atoms with E-state index in [1.165, 1.54) is 0 Å². The fourth-order valence-electron chi connectivity index (χ4n) is 1.27. The molecule has 0 aliphatic carbocycles. The van der Waals surface area contributed by atoms with Crippen LogP contribution in [0.25, 0.3) is 0 Å². The number of rotatable bonds is 7. The molecular formula is C14H25N3O4. The number of nitrogens with two attached hydrogens (primary N) is 2. The smallest absolute Gasteiger partial charge is 0.320 e. The minimum absolute atomic E-state index is 0. The zero-order chi connectivity index (χ0) is 15.4. The normalized spacial score (nSPS) is 10.4. The Kier molecular flexibility index (Phi) is 13.3. The number of carboxylic acids is 1. The van der Waals surface area contributed by atoms with Crippen LogP contribution in [0, 0.1) is 0 Å². The van der Waals surface area contributed by atoms with Gasteiger partial charge in [-0.2, -0.15) is 0 Å². The van der Waals surface area contributed by atoms with E-state index in [1.807, 2.05) is 6.92 Å². The number of ether oxygens (including phenoxy) is 1. The highest BCUT2D eigenvalue weighted by Gasteiger charge is 2.08. The fourth-order valence-corrected chi connectivity index (χ4v) is 1.27. The van der Waals surface area contributed by atoms with Gasteiger partial charge < -0.3 is 27.5 Å². The van der Waals surface area contributed by atoms with Crippen molar-refractivity contribution in [3.05, 3.63) is 29.8 Å². The van der Waals surface area contributed by atoms with Gasteiger partial charge in [-0.1, -0.05) is 0 Å². The van der Waals surface area contributed by atoms with Crippen molar-refractivity contribution >= 4 is 12.3 Å². The highest BCUT2D eigenvalue weighted by atomic mass is 16.5. The van der Waals surface area contributed by atoms with Crippen LogP contribution < -0.4 is 22.4 Å². The summed E-state index contributed by atoms with van der Waals surface area (Å²) in [6.45, 7) is 3.08. The molecule has 7 heteroatoms. The van der Waals surface area contributed by atoms with Crippen LogP contribution in [0.5, 0.6) is 5.75 Å². The van der Waals surface area contributed by atoms with E-state index in [0.717, 1.165) is 12.0 Å². The molecule has 0 saturated carbocycles. The third kappa shape index (κ3) is 10.5. The standard InChI is InChI=1S/C9H10O2.C5H12N2O2.H3N/c1-2-11-9-5-3-8(7-10)4-6-9;6-3-1-2-4(7)5(8)9;/h3-7H,2H2,1H3;4H,1-3,6-7H2,(H,8,9);1H3/t;4-;/m.0./s1. The summed E-state index contributed by atoms with van der Waals surface area (Å²) in [5.74, 6) is -0.151. The van der Waals surface area contributed by atoms with Crippen molar-refractivity contribution in [2.75, 3.05) is 13.2 Å². The monoisotopic (exact) mass is 299 g/mol. The van der Waals surface area contributed by atoms with E-state index in [9.17, 15) is 9.59 Å². The number of carboxylic acid groups (broad SMARTS) is 1. The maximum atomic E-state index is 10.2. The van der Waals surface area contributed by atoms with Crippen molar-refractivity contribution in [1.29, 1.82) is 0 Å². The van der Waals surface area contributed by atoms with Gasteiger partial charge in [0.1, 0.15) is 18.1 Å². The first-order valence-electron chi connectivity index (χ1n) is 6.41. The molecule has 1 aromatic rings. The molecule has 1 aromatic carbocycles.